The van der Waals surface area contributed by atoms with Crippen LogP contribution in [0, 0.1) is 6.42 Å². The minimum absolute atomic E-state index is 0.0323. The summed E-state index contributed by atoms with van der Waals surface area (Å²) >= 11 is 0. The number of anilines is 2. The lowest BCUT2D eigenvalue weighted by Gasteiger charge is -2.37. The molecule has 2 N–H and O–H groups in total. The number of hydrogen-bond acceptors (Lipinski definition) is 7. The molecule has 0 atom stereocenters. The number of nitrogens with zero attached hydrogens (tertiary/aromatic N) is 2. The predicted molar refractivity (Wildman–Crippen MR) is 197 cm³/mol. The number of para-hydroxylation sites is 1. The summed E-state index contributed by atoms with van der Waals surface area (Å²) in [5.74, 6) is 1.35. The van der Waals surface area contributed by atoms with Crippen LogP contribution in [0.25, 0.3) is 11.1 Å². The number of piperidine rings is 1. The zero-order valence-electron chi connectivity index (χ0n) is 28.8. The molecule has 6 rings (SSSR count). The van der Waals surface area contributed by atoms with Crippen molar-refractivity contribution in [2.75, 3.05) is 37.1 Å². The highest BCUT2D eigenvalue weighted by Crippen LogP contribution is 2.34. The molecular weight excluding hydrogens is 628 g/mol. The fourth-order valence-corrected chi connectivity index (χ4v) is 6.50. The van der Waals surface area contributed by atoms with Gasteiger partial charge in [-0.2, -0.15) is 0 Å². The Morgan fingerprint density at radius 3 is 2.28 bits per heavy atom. The van der Waals surface area contributed by atoms with Crippen molar-refractivity contribution < 1.29 is 23.8 Å². The third-order valence-corrected chi connectivity index (χ3v) is 9.13. The molecule has 0 aromatic heterocycles. The zero-order chi connectivity index (χ0) is 34.5. The minimum Gasteiger partial charge on any atom is -0.493 e. The first kappa shape index (κ1) is 35.0. The quantitative estimate of drug-likeness (QED) is 0.139. The van der Waals surface area contributed by atoms with Gasteiger partial charge in [-0.3, -0.25) is 4.79 Å². The van der Waals surface area contributed by atoms with Crippen LogP contribution in [0.15, 0.2) is 97.1 Å². The molecule has 0 unspecified atom stereocenters. The molecule has 2 amide bonds. The van der Waals surface area contributed by atoms with E-state index in [-0.39, 0.29) is 25.0 Å². The number of methoxy groups -OCH3 is 1. The van der Waals surface area contributed by atoms with Crippen LogP contribution in [0.3, 0.4) is 0 Å². The van der Waals surface area contributed by atoms with Crippen molar-refractivity contribution in [2.24, 2.45) is 0 Å². The van der Waals surface area contributed by atoms with Crippen LogP contribution in [-0.2, 0) is 22.6 Å². The Labute approximate surface area is 295 Å². The average Bonchev–Trinajstić information content (AvgIpc) is 3.67. The molecule has 50 heavy (non-hydrogen) atoms. The zero-order valence-corrected chi connectivity index (χ0v) is 28.8. The standard InChI is InChI=1S/C41H47N4O5/c1-48-38-23-20-32(28-39(38)50-35-14-6-7-15-35)30-42-29-31-18-21-34(22-19-31)43-40(46)24-27-49-41(47)45(44-25-10-3-11-26-44)37-17-9-8-16-36(37)33-12-4-2-5-13-33/h2-5,8-9,12-13,16-23,28,35,42H,6-7,10-11,14-15,24-27,29-30H2,1H3,(H,43,46). The molecule has 1 radical (unpaired) electrons. The molecule has 0 bridgehead atoms. The van der Waals surface area contributed by atoms with Crippen LogP contribution in [0.2, 0.25) is 0 Å². The van der Waals surface area contributed by atoms with E-state index in [1.54, 1.807) is 12.1 Å². The van der Waals surface area contributed by atoms with E-state index in [0.717, 1.165) is 65.1 Å². The van der Waals surface area contributed by atoms with E-state index in [9.17, 15) is 9.59 Å². The van der Waals surface area contributed by atoms with E-state index in [2.05, 4.69) is 29.2 Å². The first-order valence-electron chi connectivity index (χ1n) is 17.7. The number of benzene rings is 4. The summed E-state index contributed by atoms with van der Waals surface area (Å²) in [4.78, 5) is 26.4. The topological polar surface area (TPSA) is 92.4 Å². The summed E-state index contributed by atoms with van der Waals surface area (Å²) in [6.07, 6.45) is 8.45. The Hall–Kier alpha value is -4.86. The third-order valence-electron chi connectivity index (χ3n) is 9.13. The largest absolute Gasteiger partial charge is 0.493 e. The molecule has 9 heteroatoms. The molecule has 1 saturated carbocycles. The molecule has 9 nitrogen and oxygen atoms in total. The molecule has 261 valence electrons. The summed E-state index contributed by atoms with van der Waals surface area (Å²) in [5, 5.41) is 10.1. The second kappa shape index (κ2) is 17.7. The Morgan fingerprint density at radius 1 is 0.820 bits per heavy atom. The molecule has 4 aromatic carbocycles. The van der Waals surface area contributed by atoms with E-state index < -0.39 is 6.09 Å². The van der Waals surface area contributed by atoms with Gasteiger partial charge in [0.15, 0.2) is 11.5 Å². The summed E-state index contributed by atoms with van der Waals surface area (Å²) < 4.78 is 17.5. The second-order valence-electron chi connectivity index (χ2n) is 12.7. The van der Waals surface area contributed by atoms with Gasteiger partial charge >= 0.3 is 6.09 Å². The monoisotopic (exact) mass is 675 g/mol. The lowest BCUT2D eigenvalue weighted by atomic mass is 10.0. The number of amides is 2. The van der Waals surface area contributed by atoms with E-state index in [0.29, 0.717) is 31.9 Å². The van der Waals surface area contributed by atoms with Gasteiger partial charge in [-0.05, 0) is 92.0 Å². The maximum atomic E-state index is 13.6. The first-order chi connectivity index (χ1) is 24.6. The molecule has 1 heterocycles. The maximum Gasteiger partial charge on any atom is 0.429 e. The van der Waals surface area contributed by atoms with Crippen LogP contribution in [0.5, 0.6) is 11.5 Å². The molecule has 4 aromatic rings. The SMILES string of the molecule is COc1ccc(CNCc2ccc(NC(=O)CCOC(=O)N(c3ccccc3-c3ccccc3)N3CC[CH]CC3)cc2)cc1OC1CCCC1. The molecule has 1 aliphatic carbocycles. The van der Waals surface area contributed by atoms with Crippen molar-refractivity contribution in [1.29, 1.82) is 0 Å². The van der Waals surface area contributed by atoms with Crippen molar-refractivity contribution in [1.82, 2.24) is 10.3 Å². The van der Waals surface area contributed by atoms with Crippen molar-refractivity contribution in [3.63, 3.8) is 0 Å². The Balaban J connectivity index is 0.982. The van der Waals surface area contributed by atoms with Gasteiger partial charge in [0, 0.05) is 37.4 Å². The van der Waals surface area contributed by atoms with Gasteiger partial charge < -0.3 is 24.8 Å². The van der Waals surface area contributed by atoms with E-state index in [4.69, 9.17) is 14.2 Å². The van der Waals surface area contributed by atoms with Crippen LogP contribution < -0.4 is 25.1 Å². The maximum absolute atomic E-state index is 13.6. The van der Waals surface area contributed by atoms with Gasteiger partial charge in [-0.15, -0.1) is 0 Å². The van der Waals surface area contributed by atoms with E-state index in [1.165, 1.54) is 12.8 Å². The van der Waals surface area contributed by atoms with Gasteiger partial charge in [0.2, 0.25) is 5.91 Å². The van der Waals surface area contributed by atoms with Crippen molar-refractivity contribution in [2.45, 2.75) is 64.1 Å². The normalized spacial score (nSPS) is 15.0. The molecule has 2 aliphatic rings. The Kier molecular flexibility index (Phi) is 12.4. The first-order valence-corrected chi connectivity index (χ1v) is 17.7. The van der Waals surface area contributed by atoms with Crippen LogP contribution >= 0.6 is 0 Å². The number of rotatable bonds is 14. The highest BCUT2D eigenvalue weighted by molar-refractivity contribution is 5.94. The Morgan fingerprint density at radius 2 is 1.52 bits per heavy atom. The number of hydrogen-bond donors (Lipinski definition) is 2. The lowest BCUT2D eigenvalue weighted by molar-refractivity contribution is -0.116. The van der Waals surface area contributed by atoms with Gasteiger partial charge in [-0.1, -0.05) is 66.7 Å². The molecule has 2 fully saturated rings. The van der Waals surface area contributed by atoms with Crippen LogP contribution in [-0.4, -0.2) is 49.9 Å². The summed E-state index contributed by atoms with van der Waals surface area (Å²) in [5.41, 5.74) is 5.63. The van der Waals surface area contributed by atoms with Gasteiger partial charge in [-0.25, -0.2) is 14.8 Å². The van der Waals surface area contributed by atoms with Gasteiger partial charge in [0.1, 0.15) is 6.61 Å². The number of carbonyl (C=O) groups is 2. The summed E-state index contributed by atoms with van der Waals surface area (Å²) in [6.45, 7) is 2.75. The van der Waals surface area contributed by atoms with E-state index >= 15 is 0 Å². The van der Waals surface area contributed by atoms with Gasteiger partial charge in [0.05, 0.1) is 25.3 Å². The van der Waals surface area contributed by atoms with Crippen molar-refractivity contribution in [3.05, 3.63) is 115 Å². The number of ether oxygens (including phenoxy) is 3. The molecule has 1 saturated heterocycles. The van der Waals surface area contributed by atoms with Crippen LogP contribution in [0.4, 0.5) is 16.2 Å². The number of carbonyl (C=O) groups excluding carboxylic acids is 2. The second-order valence-corrected chi connectivity index (χ2v) is 12.7. The highest BCUT2D eigenvalue weighted by Gasteiger charge is 2.28. The summed E-state index contributed by atoms with van der Waals surface area (Å²) in [6, 6.07) is 31.7. The fraction of sp³-hybridized carbons (Fsp3) is 0.341. The molecule has 0 spiro atoms. The van der Waals surface area contributed by atoms with E-state index in [1.807, 2.05) is 89.9 Å². The average molecular weight is 676 g/mol. The highest BCUT2D eigenvalue weighted by atomic mass is 16.6. The van der Waals surface area contributed by atoms with Crippen LogP contribution in [0.1, 0.15) is 56.1 Å². The molecule has 1 aliphatic heterocycles. The molecular formula is C41H47N4O5. The minimum atomic E-state index is -0.493. The third kappa shape index (κ3) is 9.43. The lowest BCUT2D eigenvalue weighted by Crippen LogP contribution is -2.49. The number of nitrogens with one attached hydrogen (secondary N) is 2. The Bertz CT molecular complexity index is 1690. The van der Waals surface area contributed by atoms with Crippen molar-refractivity contribution >= 4 is 23.4 Å². The van der Waals surface area contributed by atoms with Crippen molar-refractivity contribution in [3.8, 4) is 22.6 Å². The fourth-order valence-electron chi connectivity index (χ4n) is 6.50. The number of hydrazine groups is 1. The predicted octanol–water partition coefficient (Wildman–Crippen LogP) is 8.16. The smallest absolute Gasteiger partial charge is 0.429 e. The summed E-state index contributed by atoms with van der Waals surface area (Å²) in [7, 11) is 1.67. The van der Waals surface area contributed by atoms with Gasteiger partial charge in [0.25, 0.3) is 0 Å².